The molecule has 1 aliphatic rings. The summed E-state index contributed by atoms with van der Waals surface area (Å²) in [6, 6.07) is 12.4. The summed E-state index contributed by atoms with van der Waals surface area (Å²) in [6.45, 7) is 2.04. The molecule has 0 aliphatic carbocycles. The highest BCUT2D eigenvalue weighted by Crippen LogP contribution is 2.33. The smallest absolute Gasteiger partial charge is 0.314 e. The summed E-state index contributed by atoms with van der Waals surface area (Å²) in [7, 11) is 0. The highest BCUT2D eigenvalue weighted by Gasteiger charge is 2.18. The molecule has 0 saturated carbocycles. The molecule has 1 aromatic heterocycles. The van der Waals surface area contributed by atoms with E-state index >= 15 is 0 Å². The van der Waals surface area contributed by atoms with Crippen LogP contribution in [0.25, 0.3) is 10.8 Å². The van der Waals surface area contributed by atoms with Gasteiger partial charge in [-0.05, 0) is 61.7 Å². The number of carbonyl (C=O) groups excluding carboxylic acids is 2. The third-order valence-corrected chi connectivity index (χ3v) is 5.30. The highest BCUT2D eigenvalue weighted by molar-refractivity contribution is 6.44. The number of hydrogen-bond acceptors (Lipinski definition) is 4. The molecule has 4 rings (SSSR count). The number of carbonyl (C=O) groups is 2. The van der Waals surface area contributed by atoms with Gasteiger partial charge in [-0.1, -0.05) is 11.6 Å². The van der Waals surface area contributed by atoms with E-state index in [1.807, 2.05) is 18.2 Å². The van der Waals surface area contributed by atoms with Crippen molar-refractivity contribution in [3.05, 3.63) is 59.9 Å². The van der Waals surface area contributed by atoms with Crippen LogP contribution in [0.4, 0.5) is 17.1 Å². The molecule has 148 valence electrons. The number of amides is 2. The van der Waals surface area contributed by atoms with Gasteiger partial charge in [-0.2, -0.15) is 0 Å². The second-order valence-corrected chi connectivity index (χ2v) is 7.45. The first kappa shape index (κ1) is 19.2. The van der Waals surface area contributed by atoms with Gasteiger partial charge < -0.3 is 15.5 Å². The van der Waals surface area contributed by atoms with Crippen LogP contribution in [0.1, 0.15) is 19.3 Å². The molecule has 2 amide bonds. The van der Waals surface area contributed by atoms with Crippen molar-refractivity contribution in [3.8, 4) is 0 Å². The molecule has 1 fully saturated rings. The van der Waals surface area contributed by atoms with E-state index in [1.165, 1.54) is 19.3 Å². The van der Waals surface area contributed by atoms with Crippen LogP contribution in [0, 0.1) is 0 Å². The maximum atomic E-state index is 12.4. The summed E-state index contributed by atoms with van der Waals surface area (Å²) in [5.74, 6) is -1.49. The second-order valence-electron chi connectivity index (χ2n) is 7.02. The Morgan fingerprint density at radius 3 is 2.34 bits per heavy atom. The van der Waals surface area contributed by atoms with Crippen molar-refractivity contribution >= 4 is 51.2 Å². The number of aromatic nitrogens is 1. The average molecular weight is 409 g/mol. The Morgan fingerprint density at radius 2 is 1.59 bits per heavy atom. The lowest BCUT2D eigenvalue weighted by molar-refractivity contribution is -0.132. The summed E-state index contributed by atoms with van der Waals surface area (Å²) in [6.07, 6.45) is 7.07. The lowest BCUT2D eigenvalue weighted by atomic mass is 10.1. The molecular formula is C22H21ClN4O2. The largest absolute Gasteiger partial charge is 0.371 e. The monoisotopic (exact) mass is 408 g/mol. The van der Waals surface area contributed by atoms with Gasteiger partial charge in [0.05, 0.1) is 5.69 Å². The van der Waals surface area contributed by atoms with Crippen molar-refractivity contribution in [1.82, 2.24) is 4.98 Å². The van der Waals surface area contributed by atoms with Gasteiger partial charge in [0.2, 0.25) is 0 Å². The summed E-state index contributed by atoms with van der Waals surface area (Å²) in [5, 5.41) is 7.65. The molecule has 7 heteroatoms. The van der Waals surface area contributed by atoms with Crippen molar-refractivity contribution in [3.63, 3.8) is 0 Å². The second kappa shape index (κ2) is 8.49. The van der Waals surface area contributed by atoms with E-state index in [-0.39, 0.29) is 0 Å². The van der Waals surface area contributed by atoms with Gasteiger partial charge in [0.1, 0.15) is 0 Å². The van der Waals surface area contributed by atoms with Gasteiger partial charge in [0.25, 0.3) is 0 Å². The lowest BCUT2D eigenvalue weighted by Gasteiger charge is -2.30. The standard InChI is InChI=1S/C22H21ClN4O2/c23-15-4-6-16(7-5-15)25-21(28)22(29)26-19-8-9-20(27-12-2-1-3-13-27)17-10-11-24-14-18(17)19/h4-11,14H,1-3,12-13H2,(H,25,28)(H,26,29). The first-order chi connectivity index (χ1) is 14.1. The zero-order valence-corrected chi connectivity index (χ0v) is 16.6. The fourth-order valence-corrected chi connectivity index (χ4v) is 3.72. The van der Waals surface area contributed by atoms with Gasteiger partial charge in [-0.25, -0.2) is 0 Å². The van der Waals surface area contributed by atoms with Crippen molar-refractivity contribution < 1.29 is 9.59 Å². The molecule has 1 aliphatic heterocycles. The fourth-order valence-electron chi connectivity index (χ4n) is 3.59. The number of fused-ring (bicyclic) bond motifs is 1. The van der Waals surface area contributed by atoms with E-state index in [1.54, 1.807) is 36.7 Å². The lowest BCUT2D eigenvalue weighted by Crippen LogP contribution is -2.30. The SMILES string of the molecule is O=C(Nc1ccc(Cl)cc1)C(=O)Nc1ccc(N2CCCCC2)c2ccncc12. The van der Waals surface area contributed by atoms with Crippen molar-refractivity contribution in [1.29, 1.82) is 0 Å². The van der Waals surface area contributed by atoms with Crippen LogP contribution in [0.15, 0.2) is 54.9 Å². The van der Waals surface area contributed by atoms with E-state index in [9.17, 15) is 9.59 Å². The van der Waals surface area contributed by atoms with E-state index in [0.29, 0.717) is 16.4 Å². The number of hydrogen-bond donors (Lipinski definition) is 2. The predicted molar refractivity (Wildman–Crippen MR) is 117 cm³/mol. The van der Waals surface area contributed by atoms with Gasteiger partial charge in [-0.3, -0.25) is 14.6 Å². The Bertz CT molecular complexity index is 1050. The number of halogens is 1. The normalized spacial score (nSPS) is 13.9. The Kier molecular flexibility index (Phi) is 5.62. The molecule has 2 N–H and O–H groups in total. The zero-order chi connectivity index (χ0) is 20.2. The van der Waals surface area contributed by atoms with Crippen LogP contribution >= 0.6 is 11.6 Å². The number of pyridine rings is 1. The maximum absolute atomic E-state index is 12.4. The molecule has 29 heavy (non-hydrogen) atoms. The quantitative estimate of drug-likeness (QED) is 0.627. The number of anilines is 3. The maximum Gasteiger partial charge on any atom is 0.314 e. The minimum atomic E-state index is -0.746. The van der Waals surface area contributed by atoms with E-state index in [0.717, 1.165) is 29.5 Å². The Hall–Kier alpha value is -3.12. The molecular weight excluding hydrogens is 388 g/mol. The summed E-state index contributed by atoms with van der Waals surface area (Å²) >= 11 is 5.84. The third-order valence-electron chi connectivity index (χ3n) is 5.05. The van der Waals surface area contributed by atoms with Crippen LogP contribution in [-0.2, 0) is 9.59 Å². The molecule has 0 unspecified atom stereocenters. The van der Waals surface area contributed by atoms with E-state index in [4.69, 9.17) is 11.6 Å². The van der Waals surface area contributed by atoms with Crippen molar-refractivity contribution in [2.45, 2.75) is 19.3 Å². The van der Waals surface area contributed by atoms with Crippen LogP contribution in [0.3, 0.4) is 0 Å². The average Bonchev–Trinajstić information content (AvgIpc) is 2.76. The van der Waals surface area contributed by atoms with Crippen LogP contribution in [0.5, 0.6) is 0 Å². The predicted octanol–water partition coefficient (Wildman–Crippen LogP) is 4.46. The topological polar surface area (TPSA) is 74.3 Å². The van der Waals surface area contributed by atoms with Crippen molar-refractivity contribution in [2.24, 2.45) is 0 Å². The number of rotatable bonds is 3. The van der Waals surface area contributed by atoms with Crippen LogP contribution in [-0.4, -0.2) is 29.9 Å². The first-order valence-corrected chi connectivity index (χ1v) is 9.99. The molecule has 0 spiro atoms. The number of nitrogens with one attached hydrogen (secondary N) is 2. The van der Waals surface area contributed by atoms with E-state index < -0.39 is 11.8 Å². The Labute approximate surface area is 173 Å². The van der Waals surface area contributed by atoms with Crippen LogP contribution < -0.4 is 15.5 Å². The first-order valence-electron chi connectivity index (χ1n) is 9.61. The van der Waals surface area contributed by atoms with Gasteiger partial charge in [0.15, 0.2) is 0 Å². The summed E-state index contributed by atoms with van der Waals surface area (Å²) in [4.78, 5) is 31.3. The van der Waals surface area contributed by atoms with Crippen LogP contribution in [0.2, 0.25) is 5.02 Å². The molecule has 6 nitrogen and oxygen atoms in total. The molecule has 2 heterocycles. The molecule has 1 saturated heterocycles. The van der Waals surface area contributed by atoms with Gasteiger partial charge in [0, 0.05) is 52.7 Å². The molecule has 0 atom stereocenters. The van der Waals surface area contributed by atoms with E-state index in [2.05, 4.69) is 20.5 Å². The Balaban J connectivity index is 1.55. The minimum Gasteiger partial charge on any atom is -0.371 e. The number of nitrogens with zero attached hydrogens (tertiary/aromatic N) is 2. The molecule has 3 aromatic rings. The van der Waals surface area contributed by atoms with Gasteiger partial charge >= 0.3 is 11.8 Å². The van der Waals surface area contributed by atoms with Crippen molar-refractivity contribution in [2.75, 3.05) is 28.6 Å². The summed E-state index contributed by atoms with van der Waals surface area (Å²) in [5.41, 5.74) is 2.19. The molecule has 0 bridgehead atoms. The zero-order valence-electron chi connectivity index (χ0n) is 15.8. The fraction of sp³-hybridized carbons (Fsp3) is 0.227. The molecule has 0 radical (unpaired) electrons. The molecule has 2 aromatic carbocycles. The number of benzene rings is 2. The minimum absolute atomic E-state index is 0.501. The third kappa shape index (κ3) is 4.32. The number of piperidine rings is 1. The summed E-state index contributed by atoms with van der Waals surface area (Å²) < 4.78 is 0. The Morgan fingerprint density at radius 1 is 0.862 bits per heavy atom. The van der Waals surface area contributed by atoms with Gasteiger partial charge in [-0.15, -0.1) is 0 Å². The highest BCUT2D eigenvalue weighted by atomic mass is 35.5.